The third-order valence-electron chi connectivity index (χ3n) is 3.19. The molecular formula is C12H17NO4S2. The highest BCUT2D eigenvalue weighted by atomic mass is 32.2. The molecule has 106 valence electrons. The molecule has 1 aromatic carbocycles. The molecule has 1 aliphatic rings. The molecule has 2 rings (SSSR count). The topological polar surface area (TPSA) is 80.3 Å². The van der Waals surface area contributed by atoms with Crippen molar-refractivity contribution in [3.05, 3.63) is 24.3 Å². The molecule has 1 unspecified atom stereocenters. The number of benzene rings is 1. The zero-order valence-electron chi connectivity index (χ0n) is 10.7. The van der Waals surface area contributed by atoms with Gasteiger partial charge in [-0.2, -0.15) is 0 Å². The van der Waals surface area contributed by atoms with Crippen LogP contribution in [0.1, 0.15) is 13.3 Å². The van der Waals surface area contributed by atoms with Crippen LogP contribution in [-0.2, 0) is 19.7 Å². The molecule has 0 amide bonds. The van der Waals surface area contributed by atoms with Crippen molar-refractivity contribution < 1.29 is 16.8 Å². The maximum Gasteiger partial charge on any atom is 0.180 e. The highest BCUT2D eigenvalue weighted by molar-refractivity contribution is 7.91. The SMILES string of the molecule is CCS(=O)(=O)c1ccccc1NC1CCS(=O)(=O)C1. The summed E-state index contributed by atoms with van der Waals surface area (Å²) in [5.41, 5.74) is 0.492. The quantitative estimate of drug-likeness (QED) is 0.900. The molecule has 0 spiro atoms. The van der Waals surface area contributed by atoms with Crippen molar-refractivity contribution in [2.75, 3.05) is 22.6 Å². The van der Waals surface area contributed by atoms with Crippen LogP contribution in [0.2, 0.25) is 0 Å². The van der Waals surface area contributed by atoms with Crippen molar-refractivity contribution in [1.29, 1.82) is 0 Å². The molecule has 1 atom stereocenters. The minimum atomic E-state index is -3.31. The summed E-state index contributed by atoms with van der Waals surface area (Å²) in [7, 11) is -6.29. The Morgan fingerprint density at radius 1 is 1.32 bits per heavy atom. The van der Waals surface area contributed by atoms with E-state index in [-0.39, 0.29) is 28.2 Å². The zero-order chi connectivity index (χ0) is 14.1. The second-order valence-electron chi connectivity index (χ2n) is 4.64. The Bertz CT molecular complexity index is 665. The van der Waals surface area contributed by atoms with E-state index in [4.69, 9.17) is 0 Å². The lowest BCUT2D eigenvalue weighted by Crippen LogP contribution is -2.22. The Kier molecular flexibility index (Phi) is 3.87. The number of nitrogens with one attached hydrogen (secondary N) is 1. The molecule has 0 saturated carbocycles. The summed E-state index contributed by atoms with van der Waals surface area (Å²) in [5.74, 6) is 0.246. The van der Waals surface area contributed by atoms with E-state index in [1.54, 1.807) is 31.2 Å². The first kappa shape index (κ1) is 14.3. The number of hydrogen-bond donors (Lipinski definition) is 1. The molecule has 0 aromatic heterocycles. The minimum absolute atomic E-state index is 0.0225. The van der Waals surface area contributed by atoms with E-state index in [1.165, 1.54) is 0 Å². The molecule has 1 saturated heterocycles. The Morgan fingerprint density at radius 3 is 2.58 bits per heavy atom. The molecule has 1 fully saturated rings. The minimum Gasteiger partial charge on any atom is -0.380 e. The highest BCUT2D eigenvalue weighted by Crippen LogP contribution is 2.25. The van der Waals surface area contributed by atoms with Gasteiger partial charge in [-0.3, -0.25) is 0 Å². The average Bonchev–Trinajstić information content (AvgIpc) is 2.69. The summed E-state index contributed by atoms with van der Waals surface area (Å²) in [5, 5.41) is 3.05. The van der Waals surface area contributed by atoms with Crippen molar-refractivity contribution in [2.24, 2.45) is 0 Å². The van der Waals surface area contributed by atoms with Crippen LogP contribution in [0.3, 0.4) is 0 Å². The van der Waals surface area contributed by atoms with Crippen LogP contribution >= 0.6 is 0 Å². The standard InChI is InChI=1S/C12H17NO4S2/c1-2-19(16,17)12-6-4-3-5-11(12)13-10-7-8-18(14,15)9-10/h3-6,10,13H,2,7-9H2,1H3. The Morgan fingerprint density at radius 2 is 2.00 bits per heavy atom. The first-order valence-electron chi connectivity index (χ1n) is 6.13. The van der Waals surface area contributed by atoms with Gasteiger partial charge in [0.15, 0.2) is 19.7 Å². The van der Waals surface area contributed by atoms with Gasteiger partial charge in [-0.05, 0) is 18.6 Å². The fourth-order valence-electron chi connectivity index (χ4n) is 2.14. The van der Waals surface area contributed by atoms with E-state index in [0.29, 0.717) is 12.1 Å². The van der Waals surface area contributed by atoms with Crippen LogP contribution < -0.4 is 5.32 Å². The maximum absolute atomic E-state index is 12.0. The summed E-state index contributed by atoms with van der Waals surface area (Å²) < 4.78 is 46.8. The lowest BCUT2D eigenvalue weighted by atomic mass is 10.2. The largest absolute Gasteiger partial charge is 0.380 e. The fraction of sp³-hybridized carbons (Fsp3) is 0.500. The predicted molar refractivity (Wildman–Crippen MR) is 74.9 cm³/mol. The van der Waals surface area contributed by atoms with Gasteiger partial charge in [-0.15, -0.1) is 0 Å². The Balaban J connectivity index is 2.27. The van der Waals surface area contributed by atoms with Crippen LogP contribution in [0.4, 0.5) is 5.69 Å². The van der Waals surface area contributed by atoms with E-state index < -0.39 is 19.7 Å². The van der Waals surface area contributed by atoms with E-state index in [1.807, 2.05) is 0 Å². The first-order valence-corrected chi connectivity index (χ1v) is 9.60. The van der Waals surface area contributed by atoms with Crippen LogP contribution in [-0.4, -0.2) is 40.1 Å². The van der Waals surface area contributed by atoms with Gasteiger partial charge in [0.25, 0.3) is 0 Å². The molecular weight excluding hydrogens is 286 g/mol. The van der Waals surface area contributed by atoms with Gasteiger partial charge in [-0.25, -0.2) is 16.8 Å². The van der Waals surface area contributed by atoms with Crippen molar-refractivity contribution in [1.82, 2.24) is 0 Å². The van der Waals surface area contributed by atoms with Gasteiger partial charge in [0.2, 0.25) is 0 Å². The molecule has 1 heterocycles. The van der Waals surface area contributed by atoms with Gasteiger partial charge in [0, 0.05) is 6.04 Å². The van der Waals surface area contributed by atoms with E-state index in [0.717, 1.165) is 0 Å². The fourth-order valence-corrected chi connectivity index (χ4v) is 4.87. The van der Waals surface area contributed by atoms with Crippen LogP contribution in [0, 0.1) is 0 Å². The third-order valence-corrected chi connectivity index (χ3v) is 6.75. The molecule has 0 radical (unpaired) electrons. The summed E-state index contributed by atoms with van der Waals surface area (Å²) in [4.78, 5) is 0.238. The molecule has 1 N–H and O–H groups in total. The number of hydrogen-bond acceptors (Lipinski definition) is 5. The molecule has 1 aromatic rings. The van der Waals surface area contributed by atoms with Gasteiger partial charge in [0.05, 0.1) is 27.8 Å². The van der Waals surface area contributed by atoms with E-state index in [9.17, 15) is 16.8 Å². The molecule has 0 bridgehead atoms. The predicted octanol–water partition coefficient (Wildman–Crippen LogP) is 1.08. The smallest absolute Gasteiger partial charge is 0.180 e. The van der Waals surface area contributed by atoms with Crippen LogP contribution in [0.15, 0.2) is 29.2 Å². The second-order valence-corrected chi connectivity index (χ2v) is 9.12. The van der Waals surface area contributed by atoms with E-state index in [2.05, 4.69) is 5.32 Å². The van der Waals surface area contributed by atoms with Crippen molar-refractivity contribution >= 4 is 25.4 Å². The van der Waals surface area contributed by atoms with Crippen LogP contribution in [0.5, 0.6) is 0 Å². The zero-order valence-corrected chi connectivity index (χ0v) is 12.3. The maximum atomic E-state index is 12.0. The normalized spacial score (nSPS) is 22.3. The lowest BCUT2D eigenvalue weighted by Gasteiger charge is -2.15. The van der Waals surface area contributed by atoms with Crippen molar-refractivity contribution in [3.8, 4) is 0 Å². The molecule has 19 heavy (non-hydrogen) atoms. The number of para-hydroxylation sites is 1. The monoisotopic (exact) mass is 303 g/mol. The summed E-state index contributed by atoms with van der Waals surface area (Å²) in [6, 6.07) is 6.41. The van der Waals surface area contributed by atoms with Crippen molar-refractivity contribution in [3.63, 3.8) is 0 Å². The third kappa shape index (κ3) is 3.27. The Hall–Kier alpha value is -1.08. The van der Waals surface area contributed by atoms with Crippen LogP contribution in [0.25, 0.3) is 0 Å². The molecule has 0 aliphatic carbocycles. The van der Waals surface area contributed by atoms with Crippen molar-refractivity contribution in [2.45, 2.75) is 24.3 Å². The molecule has 5 nitrogen and oxygen atoms in total. The van der Waals surface area contributed by atoms with E-state index >= 15 is 0 Å². The van der Waals surface area contributed by atoms with Gasteiger partial charge >= 0.3 is 0 Å². The highest BCUT2D eigenvalue weighted by Gasteiger charge is 2.28. The first-order chi connectivity index (χ1) is 8.84. The average molecular weight is 303 g/mol. The number of anilines is 1. The number of sulfone groups is 2. The number of rotatable bonds is 4. The molecule has 7 heteroatoms. The second kappa shape index (κ2) is 5.13. The van der Waals surface area contributed by atoms with Gasteiger partial charge in [-0.1, -0.05) is 19.1 Å². The molecule has 1 aliphatic heterocycles. The summed E-state index contributed by atoms with van der Waals surface area (Å²) in [6.45, 7) is 1.59. The Labute approximate surface area is 113 Å². The summed E-state index contributed by atoms with van der Waals surface area (Å²) in [6.07, 6.45) is 0.517. The van der Waals surface area contributed by atoms with Gasteiger partial charge < -0.3 is 5.32 Å². The van der Waals surface area contributed by atoms with Gasteiger partial charge in [0.1, 0.15) is 0 Å². The summed E-state index contributed by atoms with van der Waals surface area (Å²) >= 11 is 0. The lowest BCUT2D eigenvalue weighted by molar-refractivity contribution is 0.597.